The SMILES string of the molecule is CCC(CC)C(=O)OC(C)OC(=O)C(CC)(CC)[C@H]1CC[C@@H](c2cccc(F)c2)N1C(=O)[C@@H](C)NC(=O)OC(C)(C)C. The van der Waals surface area contributed by atoms with E-state index in [1.807, 2.05) is 27.7 Å². The van der Waals surface area contributed by atoms with Gasteiger partial charge in [-0.3, -0.25) is 14.4 Å². The fraction of sp³-hybridized carbons (Fsp3) is 0.688. The molecular formula is C32H49FN2O7. The maximum atomic E-state index is 14.3. The van der Waals surface area contributed by atoms with Crippen LogP contribution < -0.4 is 5.32 Å². The Kier molecular flexibility index (Phi) is 12.4. The van der Waals surface area contributed by atoms with Crippen LogP contribution in [0.5, 0.6) is 0 Å². The molecule has 4 atom stereocenters. The van der Waals surface area contributed by atoms with Crippen molar-refractivity contribution in [3.05, 3.63) is 35.6 Å². The smallest absolute Gasteiger partial charge is 0.408 e. The highest BCUT2D eigenvalue weighted by molar-refractivity contribution is 5.87. The highest BCUT2D eigenvalue weighted by Gasteiger charge is 2.54. The Morgan fingerprint density at radius 2 is 1.62 bits per heavy atom. The summed E-state index contributed by atoms with van der Waals surface area (Å²) in [6, 6.07) is 3.91. The average Bonchev–Trinajstić information content (AvgIpc) is 3.34. The van der Waals surface area contributed by atoms with E-state index in [9.17, 15) is 23.6 Å². The Bertz CT molecular complexity index is 1090. The molecule has 0 aliphatic carbocycles. The highest BCUT2D eigenvalue weighted by atomic mass is 19.1. The topological polar surface area (TPSA) is 111 Å². The van der Waals surface area contributed by atoms with Crippen molar-refractivity contribution in [1.82, 2.24) is 10.2 Å². The number of carbonyl (C=O) groups is 4. The molecule has 0 aromatic heterocycles. The second-order valence-electron chi connectivity index (χ2n) is 12.1. The summed E-state index contributed by atoms with van der Waals surface area (Å²) >= 11 is 0. The summed E-state index contributed by atoms with van der Waals surface area (Å²) in [5.74, 6) is -2.15. The van der Waals surface area contributed by atoms with E-state index in [1.165, 1.54) is 19.1 Å². The Balaban J connectivity index is 2.43. The zero-order valence-electron chi connectivity index (χ0n) is 26.6. The number of halogens is 1. The number of ether oxygens (including phenoxy) is 3. The maximum absolute atomic E-state index is 14.3. The molecule has 1 heterocycles. The number of amides is 2. The molecule has 1 aromatic rings. The monoisotopic (exact) mass is 592 g/mol. The Hall–Kier alpha value is -3.17. The Morgan fingerprint density at radius 1 is 1.00 bits per heavy atom. The highest BCUT2D eigenvalue weighted by Crippen LogP contribution is 2.47. The van der Waals surface area contributed by atoms with E-state index in [1.54, 1.807) is 44.7 Å². The van der Waals surface area contributed by atoms with Crippen LogP contribution in [0.1, 0.15) is 112 Å². The van der Waals surface area contributed by atoms with E-state index in [-0.39, 0.29) is 5.92 Å². The molecule has 1 N–H and O–H groups in total. The molecule has 1 saturated heterocycles. The number of nitrogens with one attached hydrogen (secondary N) is 1. The lowest BCUT2D eigenvalue weighted by Crippen LogP contribution is -2.56. The fourth-order valence-corrected chi connectivity index (χ4v) is 5.79. The Labute approximate surface area is 249 Å². The van der Waals surface area contributed by atoms with Crippen LogP contribution in [0.4, 0.5) is 9.18 Å². The van der Waals surface area contributed by atoms with Gasteiger partial charge in [0, 0.05) is 13.0 Å². The molecule has 1 fully saturated rings. The standard InChI is InChI=1S/C32H49FN2O7/c1-10-22(11-2)28(37)40-21(6)41-29(38)32(12-3,13-4)26-18-17-25(23-15-14-16-24(33)19-23)35(26)27(36)20(5)34-30(39)42-31(7,8)9/h14-16,19-22,25-26H,10-13,17-18H2,1-9H3,(H,34,39)/t20-,21?,25+,26-/m1/s1. The van der Waals surface area contributed by atoms with Gasteiger partial charge in [-0.25, -0.2) is 9.18 Å². The number of rotatable bonds is 12. The second kappa shape index (κ2) is 14.8. The molecule has 10 heteroatoms. The van der Waals surface area contributed by atoms with Gasteiger partial charge in [-0.2, -0.15) is 0 Å². The van der Waals surface area contributed by atoms with Gasteiger partial charge < -0.3 is 24.4 Å². The molecule has 0 saturated carbocycles. The molecule has 1 aliphatic heterocycles. The molecule has 1 aromatic carbocycles. The maximum Gasteiger partial charge on any atom is 0.408 e. The zero-order chi connectivity index (χ0) is 31.8. The van der Waals surface area contributed by atoms with Crippen LogP contribution in [0, 0.1) is 17.2 Å². The van der Waals surface area contributed by atoms with Gasteiger partial charge in [0.2, 0.25) is 12.2 Å². The molecule has 0 bridgehead atoms. The van der Waals surface area contributed by atoms with Gasteiger partial charge in [0.05, 0.1) is 17.4 Å². The van der Waals surface area contributed by atoms with Crippen LogP contribution in [-0.2, 0) is 28.6 Å². The molecule has 1 unspecified atom stereocenters. The zero-order valence-corrected chi connectivity index (χ0v) is 26.6. The summed E-state index contributed by atoms with van der Waals surface area (Å²) in [5, 5.41) is 2.61. The third-order valence-corrected chi connectivity index (χ3v) is 8.16. The van der Waals surface area contributed by atoms with Crippen LogP contribution in [-0.4, -0.2) is 52.8 Å². The van der Waals surface area contributed by atoms with Crippen molar-refractivity contribution in [2.45, 2.75) is 131 Å². The first kappa shape index (κ1) is 35.0. The van der Waals surface area contributed by atoms with Gasteiger partial charge in [0.15, 0.2) is 0 Å². The largest absolute Gasteiger partial charge is 0.444 e. The van der Waals surface area contributed by atoms with Crippen LogP contribution in [0.25, 0.3) is 0 Å². The summed E-state index contributed by atoms with van der Waals surface area (Å²) in [4.78, 5) is 54.6. The minimum absolute atomic E-state index is 0.290. The van der Waals surface area contributed by atoms with E-state index >= 15 is 0 Å². The van der Waals surface area contributed by atoms with Gasteiger partial charge >= 0.3 is 18.0 Å². The van der Waals surface area contributed by atoms with Crippen molar-refractivity contribution in [1.29, 1.82) is 0 Å². The lowest BCUT2D eigenvalue weighted by molar-refractivity contribution is -0.198. The number of carbonyl (C=O) groups excluding carboxylic acids is 4. The number of benzene rings is 1. The number of esters is 2. The van der Waals surface area contributed by atoms with Crippen molar-refractivity contribution in [3.8, 4) is 0 Å². The summed E-state index contributed by atoms with van der Waals surface area (Å²) in [6.07, 6.45) is 0.978. The quantitative estimate of drug-likeness (QED) is 0.219. The predicted molar refractivity (Wildman–Crippen MR) is 157 cm³/mol. The molecule has 9 nitrogen and oxygen atoms in total. The number of nitrogens with zero attached hydrogens (tertiary/aromatic N) is 1. The molecule has 236 valence electrons. The first-order valence-electron chi connectivity index (χ1n) is 15.1. The molecule has 2 rings (SSSR count). The van der Waals surface area contributed by atoms with E-state index in [4.69, 9.17) is 14.2 Å². The van der Waals surface area contributed by atoms with E-state index in [0.29, 0.717) is 44.1 Å². The van der Waals surface area contributed by atoms with Gasteiger partial charge in [-0.1, -0.05) is 39.8 Å². The Morgan fingerprint density at radius 3 is 2.14 bits per heavy atom. The predicted octanol–water partition coefficient (Wildman–Crippen LogP) is 6.45. The van der Waals surface area contributed by atoms with Crippen molar-refractivity contribution in [2.75, 3.05) is 0 Å². The first-order valence-corrected chi connectivity index (χ1v) is 15.1. The molecule has 0 spiro atoms. The molecular weight excluding hydrogens is 543 g/mol. The first-order chi connectivity index (χ1) is 19.6. The third-order valence-electron chi connectivity index (χ3n) is 8.16. The van der Waals surface area contributed by atoms with Crippen LogP contribution in [0.15, 0.2) is 24.3 Å². The van der Waals surface area contributed by atoms with Crippen LogP contribution in [0.3, 0.4) is 0 Å². The number of likely N-dealkylation sites (tertiary alicyclic amines) is 1. The third kappa shape index (κ3) is 8.44. The lowest BCUT2D eigenvalue weighted by Gasteiger charge is -2.43. The summed E-state index contributed by atoms with van der Waals surface area (Å²) in [7, 11) is 0. The molecule has 42 heavy (non-hydrogen) atoms. The van der Waals surface area contributed by atoms with Crippen molar-refractivity contribution in [2.24, 2.45) is 11.3 Å². The minimum Gasteiger partial charge on any atom is -0.444 e. The number of alkyl carbamates (subject to hydrolysis) is 1. The van der Waals surface area contributed by atoms with Gasteiger partial charge in [0.1, 0.15) is 17.5 Å². The van der Waals surface area contributed by atoms with Crippen LogP contribution in [0.2, 0.25) is 0 Å². The van der Waals surface area contributed by atoms with Crippen LogP contribution >= 0.6 is 0 Å². The van der Waals surface area contributed by atoms with Crippen molar-refractivity contribution in [3.63, 3.8) is 0 Å². The molecule has 0 radical (unpaired) electrons. The van der Waals surface area contributed by atoms with E-state index < -0.39 is 65.2 Å². The summed E-state index contributed by atoms with van der Waals surface area (Å²) in [6.45, 7) is 15.7. The second-order valence-corrected chi connectivity index (χ2v) is 12.1. The minimum atomic E-state index is -1.14. The number of hydrogen-bond acceptors (Lipinski definition) is 7. The number of hydrogen-bond donors (Lipinski definition) is 1. The van der Waals surface area contributed by atoms with Gasteiger partial charge in [-0.15, -0.1) is 0 Å². The molecule has 2 amide bonds. The summed E-state index contributed by atoms with van der Waals surface area (Å²) < 4.78 is 30.8. The van der Waals surface area contributed by atoms with Crippen molar-refractivity contribution < 1.29 is 37.8 Å². The summed E-state index contributed by atoms with van der Waals surface area (Å²) in [5.41, 5.74) is -1.30. The average molecular weight is 593 g/mol. The van der Waals surface area contributed by atoms with E-state index in [2.05, 4.69) is 5.32 Å². The van der Waals surface area contributed by atoms with Crippen molar-refractivity contribution >= 4 is 23.9 Å². The molecule has 1 aliphatic rings. The lowest BCUT2D eigenvalue weighted by atomic mass is 9.74. The normalized spacial score (nSPS) is 18.8. The fourth-order valence-electron chi connectivity index (χ4n) is 5.79. The van der Waals surface area contributed by atoms with E-state index in [0.717, 1.165) is 0 Å². The van der Waals surface area contributed by atoms with Gasteiger partial charge in [0.25, 0.3) is 0 Å². The van der Waals surface area contributed by atoms with Gasteiger partial charge in [-0.05, 0) is 83.9 Å².